The lowest BCUT2D eigenvalue weighted by molar-refractivity contribution is -0.0498. The van der Waals surface area contributed by atoms with E-state index in [0.29, 0.717) is 4.47 Å². The SMILES string of the molecule is O=C(c1ccc(OC(F)F)cc1)c1ccc(Br)c(Cl)c1F. The molecule has 0 bridgehead atoms. The molecule has 110 valence electrons. The summed E-state index contributed by atoms with van der Waals surface area (Å²) < 4.78 is 42.5. The van der Waals surface area contributed by atoms with Gasteiger partial charge in [0, 0.05) is 10.0 Å². The van der Waals surface area contributed by atoms with E-state index in [-0.39, 0.29) is 21.9 Å². The zero-order chi connectivity index (χ0) is 15.6. The quantitative estimate of drug-likeness (QED) is 0.547. The summed E-state index contributed by atoms with van der Waals surface area (Å²) in [5.74, 6) is -1.54. The lowest BCUT2D eigenvalue weighted by Crippen LogP contribution is -2.06. The Balaban J connectivity index is 2.30. The lowest BCUT2D eigenvalue weighted by Gasteiger charge is -2.07. The smallest absolute Gasteiger partial charge is 0.387 e. The van der Waals surface area contributed by atoms with E-state index in [4.69, 9.17) is 11.6 Å². The highest BCUT2D eigenvalue weighted by atomic mass is 79.9. The number of ketones is 1. The maximum atomic E-state index is 13.9. The van der Waals surface area contributed by atoms with Gasteiger partial charge in [-0.25, -0.2) is 4.39 Å². The molecule has 0 unspecified atom stereocenters. The van der Waals surface area contributed by atoms with Gasteiger partial charge in [0.05, 0.1) is 10.6 Å². The summed E-state index contributed by atoms with van der Waals surface area (Å²) in [6.07, 6.45) is 0. The van der Waals surface area contributed by atoms with E-state index in [1.54, 1.807) is 0 Å². The van der Waals surface area contributed by atoms with Crippen LogP contribution in [0.4, 0.5) is 13.2 Å². The fourth-order valence-electron chi connectivity index (χ4n) is 1.64. The van der Waals surface area contributed by atoms with Crippen LogP contribution in [0.3, 0.4) is 0 Å². The highest BCUT2D eigenvalue weighted by molar-refractivity contribution is 9.10. The van der Waals surface area contributed by atoms with Gasteiger partial charge in [0.2, 0.25) is 0 Å². The van der Waals surface area contributed by atoms with Crippen molar-refractivity contribution in [3.8, 4) is 5.75 Å². The number of ether oxygens (including phenoxy) is 1. The highest BCUT2D eigenvalue weighted by Crippen LogP contribution is 2.29. The molecular formula is C14H7BrClF3O2. The van der Waals surface area contributed by atoms with Gasteiger partial charge in [-0.3, -0.25) is 4.79 Å². The van der Waals surface area contributed by atoms with E-state index in [0.717, 1.165) is 0 Å². The van der Waals surface area contributed by atoms with Crippen LogP contribution in [0.2, 0.25) is 5.02 Å². The maximum Gasteiger partial charge on any atom is 0.387 e. The summed E-state index contributed by atoms with van der Waals surface area (Å²) in [4.78, 5) is 12.2. The number of hydrogen-bond acceptors (Lipinski definition) is 2. The number of alkyl halides is 2. The summed E-state index contributed by atoms with van der Waals surface area (Å²) in [6.45, 7) is -2.95. The predicted octanol–water partition coefficient (Wildman–Crippen LogP) is 5.07. The van der Waals surface area contributed by atoms with E-state index >= 15 is 0 Å². The van der Waals surface area contributed by atoms with Gasteiger partial charge in [-0.05, 0) is 52.3 Å². The molecule has 0 atom stereocenters. The minimum absolute atomic E-state index is 0.0872. The Kier molecular flexibility index (Phi) is 4.90. The second-order valence-corrected chi connectivity index (χ2v) is 5.19. The third-order valence-electron chi connectivity index (χ3n) is 2.62. The van der Waals surface area contributed by atoms with Crippen molar-refractivity contribution >= 4 is 33.3 Å². The van der Waals surface area contributed by atoms with Crippen molar-refractivity contribution in [2.75, 3.05) is 0 Å². The summed E-state index contributed by atoms with van der Waals surface area (Å²) >= 11 is 8.77. The van der Waals surface area contributed by atoms with Gasteiger partial charge < -0.3 is 4.74 Å². The van der Waals surface area contributed by atoms with Crippen LogP contribution < -0.4 is 4.74 Å². The molecule has 7 heteroatoms. The fourth-order valence-corrected chi connectivity index (χ4v) is 2.12. The molecule has 0 saturated carbocycles. The molecular weight excluding hydrogens is 373 g/mol. The van der Waals surface area contributed by atoms with Crippen LogP contribution in [0.5, 0.6) is 5.75 Å². The van der Waals surface area contributed by atoms with Gasteiger partial charge in [0.1, 0.15) is 5.75 Å². The van der Waals surface area contributed by atoms with Crippen LogP contribution in [0.15, 0.2) is 40.9 Å². The van der Waals surface area contributed by atoms with Crippen molar-refractivity contribution in [3.05, 3.63) is 62.8 Å². The third-order valence-corrected chi connectivity index (χ3v) is 3.88. The van der Waals surface area contributed by atoms with Gasteiger partial charge >= 0.3 is 6.61 Å². The van der Waals surface area contributed by atoms with Crippen molar-refractivity contribution in [3.63, 3.8) is 0 Å². The number of carbonyl (C=O) groups excluding carboxylic acids is 1. The van der Waals surface area contributed by atoms with Crippen LogP contribution in [0, 0.1) is 5.82 Å². The van der Waals surface area contributed by atoms with Crippen LogP contribution >= 0.6 is 27.5 Å². The summed E-state index contributed by atoms with van der Waals surface area (Å²) in [5, 5.41) is -0.196. The predicted molar refractivity (Wildman–Crippen MR) is 75.6 cm³/mol. The lowest BCUT2D eigenvalue weighted by atomic mass is 10.0. The van der Waals surface area contributed by atoms with Gasteiger partial charge in [-0.2, -0.15) is 8.78 Å². The molecule has 2 aromatic rings. The third kappa shape index (κ3) is 3.57. The topological polar surface area (TPSA) is 26.3 Å². The summed E-state index contributed by atoms with van der Waals surface area (Å²) in [6, 6.07) is 7.70. The molecule has 0 aliphatic rings. The molecule has 0 aliphatic carbocycles. The zero-order valence-electron chi connectivity index (χ0n) is 10.2. The molecule has 0 radical (unpaired) electrons. The molecule has 0 aliphatic heterocycles. The molecule has 2 aromatic carbocycles. The minimum atomic E-state index is -2.95. The molecule has 2 nitrogen and oxygen atoms in total. The Morgan fingerprint density at radius 2 is 1.76 bits per heavy atom. The maximum absolute atomic E-state index is 13.9. The first-order valence-corrected chi connectivity index (χ1v) is 6.80. The zero-order valence-corrected chi connectivity index (χ0v) is 12.6. The largest absolute Gasteiger partial charge is 0.435 e. The van der Waals surface area contributed by atoms with Crippen LogP contribution in [-0.4, -0.2) is 12.4 Å². The van der Waals surface area contributed by atoms with Crippen molar-refractivity contribution in [2.45, 2.75) is 6.61 Å². The van der Waals surface area contributed by atoms with E-state index in [1.807, 2.05) is 0 Å². The molecule has 0 amide bonds. The second kappa shape index (κ2) is 6.49. The molecule has 0 N–H and O–H groups in total. The van der Waals surface area contributed by atoms with E-state index in [1.165, 1.54) is 36.4 Å². The summed E-state index contributed by atoms with van der Waals surface area (Å²) in [7, 11) is 0. The standard InChI is InChI=1S/C14H7BrClF3O2/c15-10-6-5-9(12(17)11(10)16)13(20)7-1-3-8(4-2-7)21-14(18)19/h1-6,14H. The number of benzene rings is 2. The number of carbonyl (C=O) groups is 1. The van der Waals surface area contributed by atoms with Crippen molar-refractivity contribution in [2.24, 2.45) is 0 Å². The van der Waals surface area contributed by atoms with Crippen LogP contribution in [-0.2, 0) is 0 Å². The minimum Gasteiger partial charge on any atom is -0.435 e. The van der Waals surface area contributed by atoms with Gasteiger partial charge in [0.15, 0.2) is 11.6 Å². The molecule has 21 heavy (non-hydrogen) atoms. The van der Waals surface area contributed by atoms with Gasteiger partial charge in [0.25, 0.3) is 0 Å². The van der Waals surface area contributed by atoms with Gasteiger partial charge in [-0.15, -0.1) is 0 Å². The van der Waals surface area contributed by atoms with Gasteiger partial charge in [-0.1, -0.05) is 11.6 Å². The van der Waals surface area contributed by atoms with Crippen molar-refractivity contribution in [1.29, 1.82) is 0 Å². The first kappa shape index (κ1) is 15.9. The number of hydrogen-bond donors (Lipinski definition) is 0. The first-order valence-electron chi connectivity index (χ1n) is 5.63. The Bertz CT molecular complexity index is 675. The Morgan fingerprint density at radius 3 is 2.33 bits per heavy atom. The summed E-state index contributed by atoms with van der Waals surface area (Å²) in [5.41, 5.74) is -0.0698. The molecule has 2 rings (SSSR count). The Labute approximate surface area is 131 Å². The Hall–Kier alpha value is -1.53. The van der Waals surface area contributed by atoms with Crippen molar-refractivity contribution < 1.29 is 22.7 Å². The molecule has 0 aromatic heterocycles. The van der Waals surface area contributed by atoms with E-state index < -0.39 is 18.2 Å². The van der Waals surface area contributed by atoms with Crippen LogP contribution in [0.25, 0.3) is 0 Å². The molecule has 0 saturated heterocycles. The average molecular weight is 380 g/mol. The van der Waals surface area contributed by atoms with E-state index in [2.05, 4.69) is 20.7 Å². The Morgan fingerprint density at radius 1 is 1.14 bits per heavy atom. The average Bonchev–Trinajstić information content (AvgIpc) is 2.44. The van der Waals surface area contributed by atoms with Crippen molar-refractivity contribution in [1.82, 2.24) is 0 Å². The molecule has 0 fully saturated rings. The highest BCUT2D eigenvalue weighted by Gasteiger charge is 2.18. The first-order chi connectivity index (χ1) is 9.90. The fraction of sp³-hybridized carbons (Fsp3) is 0.0714. The number of rotatable bonds is 4. The second-order valence-electron chi connectivity index (χ2n) is 3.95. The normalized spacial score (nSPS) is 10.8. The van der Waals surface area contributed by atoms with E-state index in [9.17, 15) is 18.0 Å². The monoisotopic (exact) mass is 378 g/mol. The molecule has 0 spiro atoms. The number of halogens is 5. The molecule has 0 heterocycles. The van der Waals surface area contributed by atoms with Crippen LogP contribution in [0.1, 0.15) is 15.9 Å².